The van der Waals surface area contributed by atoms with E-state index >= 15 is 0 Å². The average Bonchev–Trinajstić information content (AvgIpc) is 2.22. The first-order chi connectivity index (χ1) is 8.72. The highest BCUT2D eigenvalue weighted by Gasteiger charge is 2.33. The predicted octanol–water partition coefficient (Wildman–Crippen LogP) is 3.25. The molecule has 0 aliphatic carbocycles. The Morgan fingerprint density at radius 1 is 1.10 bits per heavy atom. The first-order valence-corrected chi connectivity index (χ1v) is 6.50. The molecule has 0 fully saturated rings. The molecule has 1 heterocycles. The van der Waals surface area contributed by atoms with E-state index in [4.69, 9.17) is 46.3 Å². The van der Waals surface area contributed by atoms with Gasteiger partial charge in [0.2, 0.25) is 11.9 Å². The topological polar surface area (TPSA) is 80.0 Å². The number of anilines is 1. The molecule has 0 spiro atoms. The number of hydrogen-bond donors (Lipinski definition) is 2. The molecular weight excluding hydrogens is 344 g/mol. The zero-order chi connectivity index (χ0) is 14.4. The summed E-state index contributed by atoms with van der Waals surface area (Å²) in [5.74, 6) is 0.344. The minimum absolute atomic E-state index is 0. The van der Waals surface area contributed by atoms with E-state index in [0.29, 0.717) is 20.8 Å². The molecule has 0 unspecified atom stereocenters. The third-order valence-electron chi connectivity index (χ3n) is 2.62. The van der Waals surface area contributed by atoms with Gasteiger partial charge in [0.15, 0.2) is 0 Å². The number of rotatable bonds is 1. The molecule has 2 rings (SSSR count). The fourth-order valence-electron chi connectivity index (χ4n) is 1.92. The van der Waals surface area contributed by atoms with Crippen molar-refractivity contribution in [3.63, 3.8) is 0 Å². The zero-order valence-corrected chi connectivity index (χ0v) is 13.8. The summed E-state index contributed by atoms with van der Waals surface area (Å²) in [5, 5.41) is 0.950. The Balaban J connectivity index is 0.00000200. The quantitative estimate of drug-likeness (QED) is 0.758. The first kappa shape index (κ1) is 17.2. The van der Waals surface area contributed by atoms with Crippen LogP contribution in [0.1, 0.15) is 13.8 Å². The number of hydrogen-bond acceptors (Lipinski definition) is 5. The summed E-state index contributed by atoms with van der Waals surface area (Å²) in [6.07, 6.45) is 0. The van der Waals surface area contributed by atoms with E-state index in [-0.39, 0.29) is 24.3 Å². The minimum atomic E-state index is -0.698. The van der Waals surface area contributed by atoms with Gasteiger partial charge in [-0.3, -0.25) is 4.90 Å². The molecule has 4 N–H and O–H groups in total. The molecule has 5 nitrogen and oxygen atoms in total. The molecule has 1 aliphatic heterocycles. The monoisotopic (exact) mass is 355 g/mol. The van der Waals surface area contributed by atoms with E-state index in [1.54, 1.807) is 17.0 Å². The van der Waals surface area contributed by atoms with Gasteiger partial charge in [-0.1, -0.05) is 34.8 Å². The van der Waals surface area contributed by atoms with Crippen molar-refractivity contribution in [3.05, 3.63) is 27.2 Å². The fraction of sp³-hybridized carbons (Fsp3) is 0.273. The van der Waals surface area contributed by atoms with E-state index in [0.717, 1.165) is 0 Å². The molecule has 9 heteroatoms. The molecule has 0 atom stereocenters. The number of nitrogens with zero attached hydrogens (tertiary/aromatic N) is 3. The van der Waals surface area contributed by atoms with Gasteiger partial charge in [0.05, 0.1) is 15.1 Å². The Morgan fingerprint density at radius 3 is 2.05 bits per heavy atom. The largest absolute Gasteiger partial charge is 0.369 e. The van der Waals surface area contributed by atoms with E-state index in [2.05, 4.69) is 9.98 Å². The van der Waals surface area contributed by atoms with Crippen LogP contribution in [0, 0.1) is 0 Å². The highest BCUT2D eigenvalue weighted by atomic mass is 35.5. The van der Waals surface area contributed by atoms with E-state index in [1.807, 2.05) is 13.8 Å². The molecule has 110 valence electrons. The van der Waals surface area contributed by atoms with Crippen LogP contribution in [-0.4, -0.2) is 17.6 Å². The van der Waals surface area contributed by atoms with Crippen molar-refractivity contribution in [2.24, 2.45) is 21.5 Å². The fourth-order valence-corrected chi connectivity index (χ4v) is 2.51. The smallest absolute Gasteiger partial charge is 0.220 e. The van der Waals surface area contributed by atoms with Gasteiger partial charge in [-0.25, -0.2) is 4.99 Å². The molecule has 1 aromatic carbocycles. The predicted molar refractivity (Wildman–Crippen MR) is 88.5 cm³/mol. The standard InChI is InChI=1S/C11H12Cl3N5.ClH/c1-11(2)18-9(15)17-10(16)19(11)5-3-6(12)8(14)7(13)4-5;/h3-4H,1-2H3,(H4,15,16,17,18);1H. The summed E-state index contributed by atoms with van der Waals surface area (Å²) < 4.78 is 0. The van der Waals surface area contributed by atoms with Crippen molar-refractivity contribution < 1.29 is 0 Å². The third-order valence-corrected chi connectivity index (χ3v) is 3.82. The minimum Gasteiger partial charge on any atom is -0.369 e. The highest BCUT2D eigenvalue weighted by molar-refractivity contribution is 6.48. The molecule has 1 aliphatic rings. The molecule has 0 saturated carbocycles. The van der Waals surface area contributed by atoms with Crippen LogP contribution in [0.4, 0.5) is 5.69 Å². The van der Waals surface area contributed by atoms with Crippen LogP contribution in [0.15, 0.2) is 22.1 Å². The van der Waals surface area contributed by atoms with Crippen molar-refractivity contribution >= 4 is 64.8 Å². The van der Waals surface area contributed by atoms with Crippen LogP contribution >= 0.6 is 47.2 Å². The number of aliphatic imine (C=N–C) groups is 2. The van der Waals surface area contributed by atoms with Crippen molar-refractivity contribution in [1.82, 2.24) is 0 Å². The highest BCUT2D eigenvalue weighted by Crippen LogP contribution is 2.37. The van der Waals surface area contributed by atoms with Crippen LogP contribution in [0.25, 0.3) is 0 Å². The second-order valence-electron chi connectivity index (χ2n) is 4.49. The normalized spacial score (nSPS) is 17.1. The Labute approximate surface area is 138 Å². The maximum Gasteiger partial charge on any atom is 0.220 e. The molecule has 20 heavy (non-hydrogen) atoms. The Bertz CT molecular complexity index is 573. The number of guanidine groups is 2. The van der Waals surface area contributed by atoms with E-state index in [9.17, 15) is 0 Å². The van der Waals surface area contributed by atoms with Gasteiger partial charge in [-0.2, -0.15) is 4.99 Å². The third kappa shape index (κ3) is 3.06. The van der Waals surface area contributed by atoms with E-state index in [1.165, 1.54) is 0 Å². The average molecular weight is 357 g/mol. The summed E-state index contributed by atoms with van der Waals surface area (Å²) in [6, 6.07) is 3.30. The van der Waals surface area contributed by atoms with Crippen molar-refractivity contribution in [1.29, 1.82) is 0 Å². The summed E-state index contributed by atoms with van der Waals surface area (Å²) >= 11 is 18.0. The van der Waals surface area contributed by atoms with Gasteiger partial charge >= 0.3 is 0 Å². The molecule has 0 amide bonds. The van der Waals surface area contributed by atoms with Gasteiger partial charge < -0.3 is 11.5 Å². The van der Waals surface area contributed by atoms with Crippen molar-refractivity contribution in [2.45, 2.75) is 19.5 Å². The SMILES string of the molecule is CC1(C)N=C(N)N=C(N)N1c1cc(Cl)c(Cl)c(Cl)c1.Cl. The van der Waals surface area contributed by atoms with Gasteiger partial charge in [-0.15, -0.1) is 12.4 Å². The number of benzene rings is 1. The summed E-state index contributed by atoms with van der Waals surface area (Å²) in [4.78, 5) is 9.86. The lowest BCUT2D eigenvalue weighted by molar-refractivity contribution is 0.534. The van der Waals surface area contributed by atoms with E-state index < -0.39 is 5.66 Å². The molecular formula is C11H13Cl4N5. The lowest BCUT2D eigenvalue weighted by Gasteiger charge is -2.38. The molecule has 0 aromatic heterocycles. The Kier molecular flexibility index (Phi) is 5.03. The Hall–Kier alpha value is -0.880. The maximum absolute atomic E-state index is 6.02. The van der Waals surface area contributed by atoms with Crippen LogP contribution in [0.2, 0.25) is 15.1 Å². The summed E-state index contributed by atoms with van der Waals surface area (Å²) in [7, 11) is 0. The number of halogens is 4. The molecule has 0 bridgehead atoms. The molecule has 1 aromatic rings. The van der Waals surface area contributed by atoms with Crippen LogP contribution in [0.5, 0.6) is 0 Å². The van der Waals surface area contributed by atoms with Crippen molar-refractivity contribution in [2.75, 3.05) is 4.90 Å². The van der Waals surface area contributed by atoms with Crippen molar-refractivity contribution in [3.8, 4) is 0 Å². The Morgan fingerprint density at radius 2 is 1.60 bits per heavy atom. The van der Waals surface area contributed by atoms with Gasteiger partial charge in [-0.05, 0) is 26.0 Å². The number of nitrogens with two attached hydrogens (primary N) is 2. The molecule has 0 radical (unpaired) electrons. The summed E-state index contributed by atoms with van der Waals surface area (Å²) in [5.41, 5.74) is 11.5. The lowest BCUT2D eigenvalue weighted by Crippen LogP contribution is -2.54. The van der Waals surface area contributed by atoms with Gasteiger partial charge in [0, 0.05) is 5.69 Å². The first-order valence-electron chi connectivity index (χ1n) is 5.36. The molecule has 0 saturated heterocycles. The van der Waals surface area contributed by atoms with Gasteiger partial charge in [0.1, 0.15) is 5.66 Å². The zero-order valence-electron chi connectivity index (χ0n) is 10.7. The second kappa shape index (κ2) is 5.85. The lowest BCUT2D eigenvalue weighted by atomic mass is 10.1. The van der Waals surface area contributed by atoms with Crippen LogP contribution in [-0.2, 0) is 0 Å². The van der Waals surface area contributed by atoms with Crippen LogP contribution in [0.3, 0.4) is 0 Å². The van der Waals surface area contributed by atoms with Crippen LogP contribution < -0.4 is 16.4 Å². The second-order valence-corrected chi connectivity index (χ2v) is 5.69. The van der Waals surface area contributed by atoms with Gasteiger partial charge in [0.25, 0.3) is 0 Å². The summed E-state index contributed by atoms with van der Waals surface area (Å²) in [6.45, 7) is 3.69. The maximum atomic E-state index is 6.02.